The van der Waals surface area contributed by atoms with E-state index in [1.165, 1.54) is 23.9 Å². The van der Waals surface area contributed by atoms with Crippen molar-refractivity contribution in [2.75, 3.05) is 19.6 Å². The normalized spacial score (nSPS) is 15.5. The van der Waals surface area contributed by atoms with Crippen LogP contribution in [-0.2, 0) is 0 Å². The number of halogens is 1. The smallest absolute Gasteiger partial charge is 0.251 e. The van der Waals surface area contributed by atoms with Crippen molar-refractivity contribution < 1.29 is 4.79 Å². The number of benzene rings is 2. The van der Waals surface area contributed by atoms with E-state index >= 15 is 0 Å². The Bertz CT molecular complexity index is 939. The molecule has 1 N–H and O–H groups in total. The molecule has 1 atom stereocenters. The Balaban J connectivity index is 1.49. The Morgan fingerprint density at radius 1 is 1.14 bits per heavy atom. The standard InChI is InChI=1S/C20H21ClN6O/c21-17-7-3-5-15(11-17)19(26-9-1-2-10-26)13-22-20(28)16-6-4-8-18(12-16)27-14-23-24-25-27/h3-8,11-12,14,19H,1-2,9-10,13H2,(H,22,28). The summed E-state index contributed by atoms with van der Waals surface area (Å²) in [5.74, 6) is -0.124. The zero-order chi connectivity index (χ0) is 19.3. The van der Waals surface area contributed by atoms with E-state index in [-0.39, 0.29) is 11.9 Å². The summed E-state index contributed by atoms with van der Waals surface area (Å²) in [6.45, 7) is 2.58. The molecule has 0 aliphatic carbocycles. The maximum Gasteiger partial charge on any atom is 0.251 e. The average Bonchev–Trinajstić information content (AvgIpc) is 3.43. The minimum Gasteiger partial charge on any atom is -0.350 e. The fourth-order valence-corrected chi connectivity index (χ4v) is 3.78. The molecule has 1 unspecified atom stereocenters. The molecule has 4 rings (SSSR count). The van der Waals surface area contributed by atoms with Gasteiger partial charge in [-0.25, -0.2) is 4.68 Å². The predicted octanol–water partition coefficient (Wildman–Crippen LogP) is 2.88. The first-order valence-corrected chi connectivity index (χ1v) is 9.69. The molecule has 7 nitrogen and oxygen atoms in total. The monoisotopic (exact) mass is 396 g/mol. The van der Waals surface area contributed by atoms with Gasteiger partial charge in [0, 0.05) is 17.1 Å². The third-order valence-corrected chi connectivity index (χ3v) is 5.23. The lowest BCUT2D eigenvalue weighted by molar-refractivity contribution is 0.0938. The van der Waals surface area contributed by atoms with E-state index in [0.29, 0.717) is 17.1 Å². The van der Waals surface area contributed by atoms with Crippen LogP contribution in [0, 0.1) is 0 Å². The number of nitrogens with one attached hydrogen (secondary N) is 1. The van der Waals surface area contributed by atoms with Crippen LogP contribution >= 0.6 is 11.6 Å². The molecular weight excluding hydrogens is 376 g/mol. The molecule has 2 heterocycles. The van der Waals surface area contributed by atoms with Crippen molar-refractivity contribution in [2.45, 2.75) is 18.9 Å². The Morgan fingerprint density at radius 3 is 2.71 bits per heavy atom. The van der Waals surface area contributed by atoms with Crippen molar-refractivity contribution in [3.63, 3.8) is 0 Å². The third-order valence-electron chi connectivity index (χ3n) is 4.99. The van der Waals surface area contributed by atoms with E-state index in [9.17, 15) is 4.79 Å². The van der Waals surface area contributed by atoms with Crippen molar-refractivity contribution in [1.29, 1.82) is 0 Å². The first-order valence-electron chi connectivity index (χ1n) is 9.32. The number of hydrogen-bond acceptors (Lipinski definition) is 5. The van der Waals surface area contributed by atoms with Gasteiger partial charge in [0.2, 0.25) is 0 Å². The van der Waals surface area contributed by atoms with Gasteiger partial charge in [0.25, 0.3) is 5.91 Å². The highest BCUT2D eigenvalue weighted by atomic mass is 35.5. The number of likely N-dealkylation sites (tertiary alicyclic amines) is 1. The molecule has 1 fully saturated rings. The maximum atomic E-state index is 12.8. The van der Waals surface area contributed by atoms with Gasteiger partial charge in [-0.2, -0.15) is 0 Å². The molecule has 3 aromatic rings. The van der Waals surface area contributed by atoms with Crippen molar-refractivity contribution >= 4 is 17.5 Å². The molecule has 1 aliphatic heterocycles. The molecule has 144 valence electrons. The van der Waals surface area contributed by atoms with Crippen LogP contribution in [-0.4, -0.2) is 50.6 Å². The number of rotatable bonds is 6. The Kier molecular flexibility index (Phi) is 5.64. The summed E-state index contributed by atoms with van der Waals surface area (Å²) in [7, 11) is 0. The fraction of sp³-hybridized carbons (Fsp3) is 0.300. The number of hydrogen-bond donors (Lipinski definition) is 1. The SMILES string of the molecule is O=C(NCC(c1cccc(Cl)c1)N1CCCC1)c1cccc(-n2cnnn2)c1. The van der Waals surface area contributed by atoms with E-state index in [2.05, 4.69) is 31.8 Å². The van der Waals surface area contributed by atoms with Crippen LogP contribution in [0.3, 0.4) is 0 Å². The topological polar surface area (TPSA) is 75.9 Å². The van der Waals surface area contributed by atoms with Gasteiger partial charge in [-0.05, 0) is 72.3 Å². The Morgan fingerprint density at radius 2 is 1.96 bits per heavy atom. The first-order chi connectivity index (χ1) is 13.7. The molecule has 0 radical (unpaired) electrons. The zero-order valence-corrected chi connectivity index (χ0v) is 16.1. The summed E-state index contributed by atoms with van der Waals surface area (Å²) in [6, 6.07) is 15.2. The Hall–Kier alpha value is -2.77. The molecule has 1 saturated heterocycles. The summed E-state index contributed by atoms with van der Waals surface area (Å²) in [6.07, 6.45) is 3.86. The van der Waals surface area contributed by atoms with Gasteiger partial charge in [-0.15, -0.1) is 5.10 Å². The van der Waals surface area contributed by atoms with Crippen LogP contribution in [0.2, 0.25) is 5.02 Å². The molecule has 1 aliphatic rings. The Labute approximate surface area is 168 Å². The molecule has 28 heavy (non-hydrogen) atoms. The van der Waals surface area contributed by atoms with E-state index in [1.807, 2.05) is 30.3 Å². The second kappa shape index (κ2) is 8.50. The molecule has 0 saturated carbocycles. The second-order valence-electron chi connectivity index (χ2n) is 6.83. The van der Waals surface area contributed by atoms with Crippen molar-refractivity contribution in [2.24, 2.45) is 0 Å². The molecule has 1 amide bonds. The summed E-state index contributed by atoms with van der Waals surface area (Å²) in [5.41, 5.74) is 2.43. The third kappa shape index (κ3) is 4.21. The van der Waals surface area contributed by atoms with E-state index in [4.69, 9.17) is 11.6 Å². The van der Waals surface area contributed by atoms with Crippen LogP contribution in [0.5, 0.6) is 0 Å². The molecule has 0 bridgehead atoms. The largest absolute Gasteiger partial charge is 0.350 e. The van der Waals surface area contributed by atoms with Crippen LogP contribution < -0.4 is 5.32 Å². The summed E-state index contributed by atoms with van der Waals surface area (Å²) in [5, 5.41) is 14.9. The lowest BCUT2D eigenvalue weighted by Crippen LogP contribution is -2.36. The fourth-order valence-electron chi connectivity index (χ4n) is 3.59. The number of tetrazole rings is 1. The van der Waals surface area contributed by atoms with Crippen LogP contribution in [0.4, 0.5) is 0 Å². The van der Waals surface area contributed by atoms with Crippen LogP contribution in [0.15, 0.2) is 54.9 Å². The van der Waals surface area contributed by atoms with Gasteiger partial charge < -0.3 is 5.32 Å². The van der Waals surface area contributed by atoms with Crippen molar-refractivity contribution in [3.05, 3.63) is 71.0 Å². The highest BCUT2D eigenvalue weighted by Crippen LogP contribution is 2.26. The highest BCUT2D eigenvalue weighted by Gasteiger charge is 2.24. The molecule has 1 aromatic heterocycles. The number of carbonyl (C=O) groups is 1. The van der Waals surface area contributed by atoms with E-state index < -0.39 is 0 Å². The lowest BCUT2D eigenvalue weighted by Gasteiger charge is -2.28. The molecular formula is C20H21ClN6O. The van der Waals surface area contributed by atoms with Crippen LogP contribution in [0.1, 0.15) is 34.8 Å². The van der Waals surface area contributed by atoms with Crippen LogP contribution in [0.25, 0.3) is 5.69 Å². The number of nitrogens with zero attached hydrogens (tertiary/aromatic N) is 5. The summed E-state index contributed by atoms with van der Waals surface area (Å²) in [4.78, 5) is 15.2. The molecule has 8 heteroatoms. The van der Waals surface area contributed by atoms with E-state index in [1.54, 1.807) is 12.1 Å². The van der Waals surface area contributed by atoms with Gasteiger partial charge in [0.1, 0.15) is 6.33 Å². The quantitative estimate of drug-likeness (QED) is 0.693. The highest BCUT2D eigenvalue weighted by molar-refractivity contribution is 6.30. The minimum absolute atomic E-state index is 0.104. The van der Waals surface area contributed by atoms with Gasteiger partial charge in [0.05, 0.1) is 11.7 Å². The summed E-state index contributed by atoms with van der Waals surface area (Å²) < 4.78 is 1.52. The maximum absolute atomic E-state index is 12.8. The minimum atomic E-state index is -0.124. The van der Waals surface area contributed by atoms with Gasteiger partial charge in [0.15, 0.2) is 0 Å². The van der Waals surface area contributed by atoms with Gasteiger partial charge in [-0.1, -0.05) is 29.8 Å². The van der Waals surface area contributed by atoms with Crippen molar-refractivity contribution in [3.8, 4) is 5.69 Å². The predicted molar refractivity (Wildman–Crippen MR) is 106 cm³/mol. The molecule has 0 spiro atoms. The zero-order valence-electron chi connectivity index (χ0n) is 15.3. The molecule has 2 aromatic carbocycles. The second-order valence-corrected chi connectivity index (χ2v) is 7.27. The number of aromatic nitrogens is 4. The van der Waals surface area contributed by atoms with E-state index in [0.717, 1.165) is 24.3 Å². The van der Waals surface area contributed by atoms with Gasteiger partial charge >= 0.3 is 0 Å². The average molecular weight is 397 g/mol. The summed E-state index contributed by atoms with van der Waals surface area (Å²) >= 11 is 6.20. The van der Waals surface area contributed by atoms with Crippen molar-refractivity contribution in [1.82, 2.24) is 30.4 Å². The van der Waals surface area contributed by atoms with Gasteiger partial charge in [-0.3, -0.25) is 9.69 Å². The lowest BCUT2D eigenvalue weighted by atomic mass is 10.1. The number of amides is 1. The first kappa shape index (κ1) is 18.6. The number of carbonyl (C=O) groups excluding carboxylic acids is 1.